The number of carbonyl (C=O) groups excluding carboxylic acids is 1. The van der Waals surface area contributed by atoms with Crippen LogP contribution in [0.2, 0.25) is 0 Å². The van der Waals surface area contributed by atoms with Crippen molar-refractivity contribution in [3.8, 4) is 0 Å². The number of anilines is 1. The van der Waals surface area contributed by atoms with Gasteiger partial charge in [0.05, 0.1) is 4.92 Å². The predicted molar refractivity (Wildman–Crippen MR) is 104 cm³/mol. The molecule has 0 heterocycles. The molecule has 0 saturated carbocycles. The number of benzene rings is 2. The Kier molecular flexibility index (Phi) is 6.36. The Labute approximate surface area is 163 Å². The van der Waals surface area contributed by atoms with Gasteiger partial charge in [-0.15, -0.1) is 0 Å². The molecule has 0 radical (unpaired) electrons. The number of halogens is 3. The zero-order chi connectivity index (χ0) is 17.7. The lowest BCUT2D eigenvalue weighted by molar-refractivity contribution is -0.384. The molecule has 1 atom stereocenters. The van der Waals surface area contributed by atoms with Crippen molar-refractivity contribution in [2.75, 3.05) is 5.32 Å². The molecule has 2 aromatic carbocycles. The summed E-state index contributed by atoms with van der Waals surface area (Å²) < 4.78 is -0.916. The Morgan fingerprint density at radius 3 is 2.21 bits per heavy atom. The predicted octanol–water partition coefficient (Wildman–Crippen LogP) is 4.60. The molecule has 0 aliphatic carbocycles. The number of nitrogens with one attached hydrogen (secondary N) is 2. The highest BCUT2D eigenvalue weighted by atomic mass is 80.0. The molecule has 0 bridgehead atoms. The smallest absolute Gasteiger partial charge is 0.292 e. The maximum absolute atomic E-state index is 12.4. The largest absolute Gasteiger partial charge is 0.357 e. The van der Waals surface area contributed by atoms with Crippen molar-refractivity contribution in [2.24, 2.45) is 0 Å². The molecule has 1 amide bonds. The van der Waals surface area contributed by atoms with Crippen molar-refractivity contribution in [1.82, 2.24) is 5.32 Å². The van der Waals surface area contributed by atoms with Crippen LogP contribution in [0.1, 0.15) is 10.4 Å². The molecule has 2 N–H and O–H groups in total. The van der Waals surface area contributed by atoms with Gasteiger partial charge in [-0.25, -0.2) is 0 Å². The quantitative estimate of drug-likeness (QED) is 0.261. The highest BCUT2D eigenvalue weighted by Crippen LogP contribution is 2.38. The summed E-state index contributed by atoms with van der Waals surface area (Å²) in [7, 11) is 0. The van der Waals surface area contributed by atoms with Crippen molar-refractivity contribution in [3.63, 3.8) is 0 Å². The first kappa shape index (κ1) is 18.9. The second-order valence-electron chi connectivity index (χ2n) is 4.73. The fraction of sp³-hybridized carbons (Fsp3) is 0.133. The van der Waals surface area contributed by atoms with Crippen LogP contribution in [0.4, 0.5) is 11.4 Å². The second kappa shape index (κ2) is 8.09. The van der Waals surface area contributed by atoms with Crippen LogP contribution in [0.25, 0.3) is 0 Å². The number of nitro benzene ring substituents is 1. The molecular weight excluding hydrogens is 510 g/mol. The summed E-state index contributed by atoms with van der Waals surface area (Å²) in [5.74, 6) is -0.325. The van der Waals surface area contributed by atoms with Crippen LogP contribution in [0.15, 0.2) is 54.6 Å². The van der Waals surface area contributed by atoms with Crippen molar-refractivity contribution < 1.29 is 9.72 Å². The summed E-state index contributed by atoms with van der Waals surface area (Å²) in [6.07, 6.45) is -0.730. The average molecular weight is 522 g/mol. The van der Waals surface area contributed by atoms with E-state index in [0.717, 1.165) is 0 Å². The second-order valence-corrected chi connectivity index (χ2v) is 11.7. The van der Waals surface area contributed by atoms with E-state index in [-0.39, 0.29) is 17.3 Å². The van der Waals surface area contributed by atoms with Gasteiger partial charge >= 0.3 is 0 Å². The summed E-state index contributed by atoms with van der Waals surface area (Å²) in [5, 5.41) is 16.9. The number of alkyl halides is 3. The zero-order valence-electron chi connectivity index (χ0n) is 12.1. The third-order valence-corrected chi connectivity index (χ3v) is 4.41. The molecule has 0 unspecified atom stereocenters. The maximum atomic E-state index is 12.4. The van der Waals surface area contributed by atoms with Gasteiger partial charge in [0.25, 0.3) is 11.6 Å². The first-order chi connectivity index (χ1) is 11.3. The number of hydrogen-bond donors (Lipinski definition) is 2. The van der Waals surface area contributed by atoms with Crippen LogP contribution in [-0.4, -0.2) is 19.1 Å². The van der Waals surface area contributed by atoms with E-state index in [1.54, 1.807) is 42.5 Å². The fourth-order valence-corrected chi connectivity index (χ4v) is 2.60. The van der Waals surface area contributed by atoms with Gasteiger partial charge in [0, 0.05) is 11.6 Å². The van der Waals surface area contributed by atoms with E-state index in [2.05, 4.69) is 58.4 Å². The Balaban J connectivity index is 2.25. The van der Waals surface area contributed by atoms with Gasteiger partial charge in [-0.1, -0.05) is 78.1 Å². The summed E-state index contributed by atoms with van der Waals surface area (Å²) in [5.41, 5.74) is 0.667. The lowest BCUT2D eigenvalue weighted by Crippen LogP contribution is -2.48. The van der Waals surface area contributed by atoms with Gasteiger partial charge in [0.15, 0.2) is 2.14 Å². The number of para-hydroxylation sites is 2. The molecule has 0 fully saturated rings. The van der Waals surface area contributed by atoms with Crippen LogP contribution in [0.5, 0.6) is 0 Å². The monoisotopic (exact) mass is 519 g/mol. The molecule has 9 heteroatoms. The number of hydrogen-bond acceptors (Lipinski definition) is 4. The molecule has 0 aliphatic heterocycles. The first-order valence-corrected chi connectivity index (χ1v) is 9.09. The molecular formula is C15H12Br3N3O3. The molecule has 2 aromatic rings. The van der Waals surface area contributed by atoms with E-state index >= 15 is 0 Å². The van der Waals surface area contributed by atoms with E-state index in [9.17, 15) is 14.9 Å². The van der Waals surface area contributed by atoms with Gasteiger partial charge in [-0.3, -0.25) is 14.9 Å². The van der Waals surface area contributed by atoms with Crippen LogP contribution >= 0.6 is 47.8 Å². The van der Waals surface area contributed by atoms with Gasteiger partial charge in [0.2, 0.25) is 0 Å². The average Bonchev–Trinajstić information content (AvgIpc) is 2.54. The highest BCUT2D eigenvalue weighted by molar-refractivity contribution is 9.39. The normalized spacial score (nSPS) is 12.3. The first-order valence-electron chi connectivity index (χ1n) is 6.71. The van der Waals surface area contributed by atoms with Gasteiger partial charge < -0.3 is 10.6 Å². The van der Waals surface area contributed by atoms with E-state index in [1.807, 2.05) is 6.07 Å². The number of nitrogens with zero attached hydrogens (tertiary/aromatic N) is 1. The number of carbonyl (C=O) groups is 1. The Morgan fingerprint density at radius 2 is 1.62 bits per heavy atom. The van der Waals surface area contributed by atoms with Gasteiger partial charge in [0.1, 0.15) is 11.9 Å². The minimum atomic E-state index is -0.916. The Morgan fingerprint density at radius 1 is 1.04 bits per heavy atom. The lowest BCUT2D eigenvalue weighted by atomic mass is 10.2. The number of rotatable bonds is 5. The van der Waals surface area contributed by atoms with E-state index in [4.69, 9.17) is 0 Å². The van der Waals surface area contributed by atoms with Gasteiger partial charge in [-0.05, 0) is 18.2 Å². The lowest BCUT2D eigenvalue weighted by Gasteiger charge is -2.28. The van der Waals surface area contributed by atoms with Crippen molar-refractivity contribution in [3.05, 3.63) is 70.3 Å². The van der Waals surface area contributed by atoms with Crippen LogP contribution in [-0.2, 0) is 0 Å². The number of amides is 1. The van der Waals surface area contributed by atoms with E-state index in [0.29, 0.717) is 5.56 Å². The minimum Gasteiger partial charge on any atom is -0.357 e. The third kappa shape index (κ3) is 5.02. The van der Waals surface area contributed by atoms with Crippen molar-refractivity contribution >= 4 is 65.1 Å². The molecule has 2 rings (SSSR count). The van der Waals surface area contributed by atoms with Crippen LogP contribution in [0.3, 0.4) is 0 Å². The Bertz CT molecular complexity index is 735. The van der Waals surface area contributed by atoms with Crippen molar-refractivity contribution in [2.45, 2.75) is 8.31 Å². The van der Waals surface area contributed by atoms with E-state index in [1.165, 1.54) is 6.07 Å². The van der Waals surface area contributed by atoms with Gasteiger partial charge in [-0.2, -0.15) is 0 Å². The number of nitro groups is 1. The minimum absolute atomic E-state index is 0.0896. The molecule has 24 heavy (non-hydrogen) atoms. The summed E-state index contributed by atoms with van der Waals surface area (Å²) in [6, 6.07) is 14.9. The topological polar surface area (TPSA) is 84.3 Å². The van der Waals surface area contributed by atoms with E-state index < -0.39 is 13.2 Å². The molecule has 0 saturated heterocycles. The van der Waals surface area contributed by atoms with Crippen molar-refractivity contribution in [1.29, 1.82) is 0 Å². The van der Waals surface area contributed by atoms with Crippen LogP contribution < -0.4 is 10.6 Å². The van der Waals surface area contributed by atoms with Crippen LogP contribution in [0, 0.1) is 10.1 Å². The third-order valence-electron chi connectivity index (χ3n) is 3.04. The molecule has 0 spiro atoms. The standard InChI is InChI=1S/C15H12Br3N3O3/c16-15(17,18)14(20-13(22)10-6-2-1-3-7-10)19-11-8-4-5-9-12(11)21(23)24/h1-9,14,19H,(H,20,22)/t14-/m0/s1. The molecule has 6 nitrogen and oxygen atoms in total. The molecule has 0 aromatic heterocycles. The highest BCUT2D eigenvalue weighted by Gasteiger charge is 2.33. The molecule has 0 aliphatic rings. The summed E-state index contributed by atoms with van der Waals surface area (Å²) >= 11 is 10.1. The SMILES string of the molecule is O=C(N[C@H](Nc1ccccc1[N+](=O)[O-])C(Br)(Br)Br)c1ccccc1. The fourth-order valence-electron chi connectivity index (χ4n) is 1.91. The zero-order valence-corrected chi connectivity index (χ0v) is 16.8. The Hall–Kier alpha value is -1.45. The molecule has 126 valence electrons. The summed E-state index contributed by atoms with van der Waals surface area (Å²) in [4.78, 5) is 23.0. The summed E-state index contributed by atoms with van der Waals surface area (Å²) in [6.45, 7) is 0. The maximum Gasteiger partial charge on any atom is 0.292 e.